The van der Waals surface area contributed by atoms with E-state index in [2.05, 4.69) is 0 Å². The molecule has 2 nitrogen and oxygen atoms in total. The average Bonchev–Trinajstić information content (AvgIpc) is 2.49. The van der Waals surface area contributed by atoms with Gasteiger partial charge in [0, 0.05) is 15.5 Å². The van der Waals surface area contributed by atoms with E-state index < -0.39 is 0 Å². The van der Waals surface area contributed by atoms with Crippen LogP contribution in [0.4, 0.5) is 10.1 Å². The number of nitrogens with two attached hydrogens (primary N) is 1. The molecule has 2 N–H and O–H groups in total. The van der Waals surface area contributed by atoms with Gasteiger partial charge in [-0.15, -0.1) is 11.3 Å². The highest BCUT2D eigenvalue weighted by Crippen LogP contribution is 2.30. The van der Waals surface area contributed by atoms with E-state index >= 15 is 0 Å². The molecule has 1 heterocycles. The molecule has 0 aliphatic heterocycles. The van der Waals surface area contributed by atoms with Gasteiger partial charge < -0.3 is 5.73 Å². The van der Waals surface area contributed by atoms with Gasteiger partial charge in [0.05, 0.1) is 11.3 Å². The molecule has 2 aromatic rings. The Hall–Kier alpha value is -1.60. The van der Waals surface area contributed by atoms with Gasteiger partial charge in [0.1, 0.15) is 11.9 Å². The Morgan fingerprint density at radius 2 is 2.23 bits per heavy atom. The molecule has 1 aromatic carbocycles. The summed E-state index contributed by atoms with van der Waals surface area (Å²) >= 11 is 1.27. The molecule has 1 aromatic heterocycles. The Labute approximate surface area is 78.0 Å². The van der Waals surface area contributed by atoms with Crippen LogP contribution in [0.5, 0.6) is 0 Å². The van der Waals surface area contributed by atoms with Gasteiger partial charge in [-0.2, -0.15) is 5.26 Å². The van der Waals surface area contributed by atoms with Gasteiger partial charge in [-0.05, 0) is 12.1 Å². The zero-order valence-electron chi connectivity index (χ0n) is 6.54. The summed E-state index contributed by atoms with van der Waals surface area (Å²) in [5, 5.41) is 10.5. The van der Waals surface area contributed by atoms with Crippen molar-refractivity contribution in [1.29, 1.82) is 5.26 Å². The summed E-state index contributed by atoms with van der Waals surface area (Å²) in [6.45, 7) is 0. The first-order chi connectivity index (χ1) is 6.24. The Kier molecular flexibility index (Phi) is 1.67. The number of hydrogen-bond donors (Lipinski definition) is 1. The number of nitrogens with zero attached hydrogens (tertiary/aromatic N) is 1. The molecule has 0 saturated carbocycles. The second-order valence-electron chi connectivity index (χ2n) is 2.60. The highest BCUT2D eigenvalue weighted by molar-refractivity contribution is 7.17. The first-order valence-corrected chi connectivity index (χ1v) is 4.47. The number of fused-ring (bicyclic) bond motifs is 1. The first-order valence-electron chi connectivity index (χ1n) is 3.59. The Morgan fingerprint density at radius 3 is 2.92 bits per heavy atom. The quantitative estimate of drug-likeness (QED) is 0.652. The van der Waals surface area contributed by atoms with Gasteiger partial charge in [0.25, 0.3) is 0 Å². The molecule has 0 bridgehead atoms. The fourth-order valence-corrected chi connectivity index (χ4v) is 2.04. The monoisotopic (exact) mass is 192 g/mol. The molecule has 4 heteroatoms. The van der Waals surface area contributed by atoms with Gasteiger partial charge in [0.15, 0.2) is 0 Å². The van der Waals surface area contributed by atoms with E-state index in [-0.39, 0.29) is 11.4 Å². The van der Waals surface area contributed by atoms with Crippen LogP contribution in [0.2, 0.25) is 0 Å². The smallest absolute Gasteiger partial charge is 0.143 e. The largest absolute Gasteiger partial charge is 0.398 e. The number of rotatable bonds is 0. The number of hydrogen-bond acceptors (Lipinski definition) is 3. The second kappa shape index (κ2) is 2.71. The van der Waals surface area contributed by atoms with E-state index in [0.29, 0.717) is 11.1 Å². The van der Waals surface area contributed by atoms with Crippen LogP contribution in [0.25, 0.3) is 10.1 Å². The maximum Gasteiger partial charge on any atom is 0.143 e. The van der Waals surface area contributed by atoms with E-state index in [1.165, 1.54) is 16.7 Å². The normalized spacial score (nSPS) is 10.2. The number of halogens is 1. The lowest BCUT2D eigenvalue weighted by Crippen LogP contribution is -1.90. The van der Waals surface area contributed by atoms with Crippen LogP contribution in [-0.2, 0) is 0 Å². The van der Waals surface area contributed by atoms with Crippen molar-refractivity contribution in [1.82, 2.24) is 0 Å². The molecule has 0 fully saturated rings. The maximum absolute atomic E-state index is 13.2. The summed E-state index contributed by atoms with van der Waals surface area (Å²) in [5.74, 6) is -0.371. The van der Waals surface area contributed by atoms with Crippen LogP contribution in [0.1, 0.15) is 5.56 Å². The third kappa shape index (κ3) is 1.05. The van der Waals surface area contributed by atoms with Crippen molar-refractivity contribution in [2.45, 2.75) is 0 Å². The van der Waals surface area contributed by atoms with Gasteiger partial charge in [-0.1, -0.05) is 0 Å². The van der Waals surface area contributed by atoms with Crippen LogP contribution in [0, 0.1) is 17.1 Å². The van der Waals surface area contributed by atoms with E-state index in [9.17, 15) is 4.39 Å². The molecule has 0 unspecified atom stereocenters. The number of benzene rings is 1. The second-order valence-corrected chi connectivity index (χ2v) is 3.51. The van der Waals surface area contributed by atoms with Gasteiger partial charge in [-0.25, -0.2) is 4.39 Å². The van der Waals surface area contributed by atoms with E-state index in [4.69, 9.17) is 11.0 Å². The van der Waals surface area contributed by atoms with Crippen molar-refractivity contribution in [3.63, 3.8) is 0 Å². The van der Waals surface area contributed by atoms with Gasteiger partial charge in [0.2, 0.25) is 0 Å². The number of nitrogen functional groups attached to an aromatic ring is 1. The summed E-state index contributed by atoms with van der Waals surface area (Å²) in [5.41, 5.74) is 6.10. The lowest BCUT2D eigenvalue weighted by atomic mass is 10.1. The molecule has 13 heavy (non-hydrogen) atoms. The van der Waals surface area contributed by atoms with Crippen molar-refractivity contribution in [2.24, 2.45) is 0 Å². The predicted molar refractivity (Wildman–Crippen MR) is 50.9 cm³/mol. The predicted octanol–water partition coefficient (Wildman–Crippen LogP) is 2.49. The average molecular weight is 192 g/mol. The highest BCUT2D eigenvalue weighted by atomic mass is 32.1. The van der Waals surface area contributed by atoms with Crippen molar-refractivity contribution in [2.75, 3.05) is 5.73 Å². The Balaban J connectivity index is 2.99. The number of nitriles is 1. The maximum atomic E-state index is 13.2. The minimum atomic E-state index is -0.371. The SMILES string of the molecule is N#Cc1c(N)ccc2scc(F)c12. The van der Waals surface area contributed by atoms with Crippen molar-refractivity contribution < 1.29 is 4.39 Å². The molecule has 64 valence electrons. The Morgan fingerprint density at radius 1 is 1.46 bits per heavy atom. The molecular weight excluding hydrogens is 187 g/mol. The van der Waals surface area contributed by atoms with Crippen molar-refractivity contribution in [3.05, 3.63) is 28.9 Å². The van der Waals surface area contributed by atoms with Crippen molar-refractivity contribution in [3.8, 4) is 6.07 Å². The topological polar surface area (TPSA) is 49.8 Å². The lowest BCUT2D eigenvalue weighted by molar-refractivity contribution is 0.644. The van der Waals surface area contributed by atoms with Crippen LogP contribution >= 0.6 is 11.3 Å². The van der Waals surface area contributed by atoms with E-state index in [0.717, 1.165) is 4.70 Å². The van der Waals surface area contributed by atoms with Crippen LogP contribution in [-0.4, -0.2) is 0 Å². The minimum Gasteiger partial charge on any atom is -0.398 e. The standard InChI is InChI=1S/C9H5FN2S/c10-6-4-13-8-2-1-7(12)5(3-11)9(6)8/h1-2,4H,12H2. The van der Waals surface area contributed by atoms with Crippen LogP contribution in [0.3, 0.4) is 0 Å². The van der Waals surface area contributed by atoms with Crippen molar-refractivity contribution >= 4 is 27.1 Å². The number of anilines is 1. The summed E-state index contributed by atoms with van der Waals surface area (Å²) < 4.78 is 13.9. The summed E-state index contributed by atoms with van der Waals surface area (Å²) in [6.07, 6.45) is 0. The number of thiophene rings is 1. The third-order valence-electron chi connectivity index (χ3n) is 1.84. The molecule has 0 aliphatic carbocycles. The molecule has 0 saturated heterocycles. The van der Waals surface area contributed by atoms with Gasteiger partial charge in [-0.3, -0.25) is 0 Å². The lowest BCUT2D eigenvalue weighted by Gasteiger charge is -1.97. The van der Waals surface area contributed by atoms with Crippen LogP contribution in [0.15, 0.2) is 17.5 Å². The molecule has 0 radical (unpaired) electrons. The zero-order chi connectivity index (χ0) is 9.42. The molecule has 0 amide bonds. The molecule has 2 rings (SSSR count). The van der Waals surface area contributed by atoms with Crippen LogP contribution < -0.4 is 5.73 Å². The first kappa shape index (κ1) is 8.02. The summed E-state index contributed by atoms with van der Waals surface area (Å²) in [6, 6.07) is 5.25. The fourth-order valence-electron chi connectivity index (χ4n) is 1.23. The molecule has 0 aliphatic rings. The molecular formula is C9H5FN2S. The zero-order valence-corrected chi connectivity index (χ0v) is 7.36. The third-order valence-corrected chi connectivity index (χ3v) is 2.76. The fraction of sp³-hybridized carbons (Fsp3) is 0. The molecule has 0 spiro atoms. The van der Waals surface area contributed by atoms with E-state index in [1.54, 1.807) is 12.1 Å². The Bertz CT molecular complexity index is 510. The van der Waals surface area contributed by atoms with E-state index in [1.807, 2.05) is 6.07 Å². The summed E-state index contributed by atoms with van der Waals surface area (Å²) in [7, 11) is 0. The van der Waals surface area contributed by atoms with Gasteiger partial charge >= 0.3 is 0 Å². The highest BCUT2D eigenvalue weighted by Gasteiger charge is 2.10. The minimum absolute atomic E-state index is 0.233. The summed E-state index contributed by atoms with van der Waals surface area (Å²) in [4.78, 5) is 0. The molecule has 0 atom stereocenters.